The van der Waals surface area contributed by atoms with E-state index < -0.39 is 27.6 Å². The molecule has 154 valence electrons. The lowest BCUT2D eigenvalue weighted by Crippen LogP contribution is -2.38. The van der Waals surface area contributed by atoms with Crippen LogP contribution >= 0.6 is 37.2 Å². The standard InChI is InChI=1S/C13H15F2N5O3S.3ClH/c14-11(15)13-19-18-12(23-13)8-1-2-10(17-7-8)20-24(21,22)9-3-5-16-6-4-9;;;/h1-2,7,9,11,16H,3-6H2,(H,17,20);3*1H. The maximum absolute atomic E-state index is 12.4. The van der Waals surface area contributed by atoms with Crippen LogP contribution in [0.1, 0.15) is 25.2 Å². The number of aromatic nitrogens is 3. The first kappa shape index (κ1) is 25.7. The average molecular weight is 469 g/mol. The molecule has 2 aromatic rings. The quantitative estimate of drug-likeness (QED) is 0.694. The number of hydrogen-bond donors (Lipinski definition) is 2. The molecule has 0 bridgehead atoms. The van der Waals surface area contributed by atoms with Crippen LogP contribution < -0.4 is 10.0 Å². The number of rotatable bonds is 5. The van der Waals surface area contributed by atoms with Gasteiger partial charge in [0.1, 0.15) is 5.82 Å². The molecule has 0 atom stereocenters. The number of hydrogen-bond acceptors (Lipinski definition) is 7. The maximum Gasteiger partial charge on any atom is 0.314 e. The van der Waals surface area contributed by atoms with Gasteiger partial charge in [-0.25, -0.2) is 13.4 Å². The Labute approximate surface area is 173 Å². The van der Waals surface area contributed by atoms with Crippen molar-refractivity contribution in [3.63, 3.8) is 0 Å². The Morgan fingerprint density at radius 1 is 1.15 bits per heavy atom. The number of nitrogens with one attached hydrogen (secondary N) is 2. The van der Waals surface area contributed by atoms with E-state index in [1.165, 1.54) is 18.3 Å². The molecule has 0 aliphatic carbocycles. The first-order valence-electron chi connectivity index (χ1n) is 7.26. The van der Waals surface area contributed by atoms with E-state index in [2.05, 4.69) is 25.2 Å². The van der Waals surface area contributed by atoms with Crippen molar-refractivity contribution in [3.05, 3.63) is 24.2 Å². The maximum atomic E-state index is 12.4. The van der Waals surface area contributed by atoms with E-state index in [9.17, 15) is 17.2 Å². The SMILES string of the molecule is Cl.Cl.Cl.O=S(=O)(Nc1ccc(-c2nnc(C(F)F)o2)cn1)C1CCNCC1. The van der Waals surface area contributed by atoms with Gasteiger partial charge in [-0.2, -0.15) is 8.78 Å². The number of halogens is 5. The topological polar surface area (TPSA) is 110 Å². The van der Waals surface area contributed by atoms with Gasteiger partial charge >= 0.3 is 6.43 Å². The fourth-order valence-corrected chi connectivity index (χ4v) is 3.79. The lowest BCUT2D eigenvalue weighted by Gasteiger charge is -2.22. The van der Waals surface area contributed by atoms with Gasteiger partial charge in [0.2, 0.25) is 15.9 Å². The summed E-state index contributed by atoms with van der Waals surface area (Å²) in [5.74, 6) is -0.739. The molecular formula is C13H18Cl3F2N5O3S. The number of sulfonamides is 1. The van der Waals surface area contributed by atoms with Gasteiger partial charge in [0.25, 0.3) is 5.89 Å². The summed E-state index contributed by atoms with van der Waals surface area (Å²) >= 11 is 0. The third-order valence-electron chi connectivity index (χ3n) is 3.61. The van der Waals surface area contributed by atoms with Crippen LogP contribution in [0.3, 0.4) is 0 Å². The van der Waals surface area contributed by atoms with Crippen LogP contribution in [0.25, 0.3) is 11.5 Å². The van der Waals surface area contributed by atoms with Crippen LogP contribution in [0.5, 0.6) is 0 Å². The van der Waals surface area contributed by atoms with Crippen LogP contribution in [0, 0.1) is 0 Å². The average Bonchev–Trinajstić information content (AvgIpc) is 3.06. The molecule has 14 heteroatoms. The van der Waals surface area contributed by atoms with Crippen molar-refractivity contribution >= 4 is 53.1 Å². The van der Waals surface area contributed by atoms with Crippen molar-refractivity contribution in [1.29, 1.82) is 0 Å². The van der Waals surface area contributed by atoms with Gasteiger partial charge in [-0.3, -0.25) is 4.72 Å². The molecule has 3 rings (SSSR count). The van der Waals surface area contributed by atoms with E-state index in [1.54, 1.807) is 0 Å². The second-order valence-electron chi connectivity index (χ2n) is 5.27. The highest BCUT2D eigenvalue weighted by Gasteiger charge is 2.27. The third-order valence-corrected chi connectivity index (χ3v) is 5.45. The molecule has 0 spiro atoms. The number of pyridine rings is 1. The summed E-state index contributed by atoms with van der Waals surface area (Å²) in [7, 11) is -3.52. The molecule has 0 saturated carbocycles. The van der Waals surface area contributed by atoms with Crippen molar-refractivity contribution in [2.24, 2.45) is 0 Å². The molecule has 3 heterocycles. The van der Waals surface area contributed by atoms with Gasteiger partial charge in [-0.05, 0) is 38.1 Å². The molecule has 0 aromatic carbocycles. The van der Waals surface area contributed by atoms with E-state index in [4.69, 9.17) is 4.42 Å². The Hall–Kier alpha value is -1.27. The largest absolute Gasteiger partial charge is 0.415 e. The van der Waals surface area contributed by atoms with E-state index in [1.807, 2.05) is 0 Å². The summed E-state index contributed by atoms with van der Waals surface area (Å²) in [6.07, 6.45) is -0.504. The highest BCUT2D eigenvalue weighted by Crippen LogP contribution is 2.24. The second-order valence-corrected chi connectivity index (χ2v) is 7.24. The van der Waals surface area contributed by atoms with Crippen molar-refractivity contribution in [3.8, 4) is 11.5 Å². The Balaban J connectivity index is 0.00000225. The summed E-state index contributed by atoms with van der Waals surface area (Å²) in [5.41, 5.74) is 0.319. The van der Waals surface area contributed by atoms with Gasteiger partial charge in [-0.1, -0.05) is 0 Å². The molecule has 0 unspecified atom stereocenters. The van der Waals surface area contributed by atoms with Gasteiger partial charge in [0, 0.05) is 6.20 Å². The molecule has 1 saturated heterocycles. The molecule has 8 nitrogen and oxygen atoms in total. The fraction of sp³-hybridized carbons (Fsp3) is 0.462. The molecular weight excluding hydrogens is 451 g/mol. The highest BCUT2D eigenvalue weighted by molar-refractivity contribution is 7.93. The minimum Gasteiger partial charge on any atom is -0.415 e. The minimum atomic E-state index is -3.52. The number of anilines is 1. The van der Waals surface area contributed by atoms with Crippen LogP contribution in [-0.2, 0) is 10.0 Å². The summed E-state index contributed by atoms with van der Waals surface area (Å²) < 4.78 is 56.7. The smallest absolute Gasteiger partial charge is 0.314 e. The van der Waals surface area contributed by atoms with Crippen molar-refractivity contribution < 1.29 is 21.6 Å². The van der Waals surface area contributed by atoms with Crippen LogP contribution in [-0.4, -0.2) is 41.9 Å². The lowest BCUT2D eigenvalue weighted by atomic mass is 10.2. The van der Waals surface area contributed by atoms with Gasteiger partial charge in [-0.15, -0.1) is 47.4 Å². The van der Waals surface area contributed by atoms with Gasteiger partial charge in [0.05, 0.1) is 10.8 Å². The molecule has 1 fully saturated rings. The lowest BCUT2D eigenvalue weighted by molar-refractivity contribution is 0.116. The van der Waals surface area contributed by atoms with E-state index in [0.717, 1.165) is 0 Å². The Morgan fingerprint density at radius 3 is 2.33 bits per heavy atom. The second kappa shape index (κ2) is 10.9. The normalized spacial score (nSPS) is 14.6. The van der Waals surface area contributed by atoms with Gasteiger partial charge in [0.15, 0.2) is 0 Å². The molecule has 0 amide bonds. The van der Waals surface area contributed by atoms with Gasteiger partial charge < -0.3 is 9.73 Å². The number of piperidine rings is 1. The minimum absolute atomic E-state index is 0. The zero-order chi connectivity index (χ0) is 17.2. The van der Waals surface area contributed by atoms with E-state index >= 15 is 0 Å². The summed E-state index contributed by atoms with van der Waals surface area (Å²) in [4.78, 5) is 3.97. The molecule has 27 heavy (non-hydrogen) atoms. The van der Waals surface area contributed by atoms with Crippen LogP contribution in [0.4, 0.5) is 14.6 Å². The predicted molar refractivity (Wildman–Crippen MR) is 103 cm³/mol. The van der Waals surface area contributed by atoms with Crippen molar-refractivity contribution in [2.75, 3.05) is 17.8 Å². The van der Waals surface area contributed by atoms with E-state index in [-0.39, 0.29) is 48.9 Å². The molecule has 1 aliphatic heterocycles. The Kier molecular flexibility index (Phi) is 10.4. The molecule has 2 aromatic heterocycles. The zero-order valence-corrected chi connectivity index (χ0v) is 16.9. The first-order chi connectivity index (χ1) is 11.5. The summed E-state index contributed by atoms with van der Waals surface area (Å²) in [5, 5.41) is 9.36. The monoisotopic (exact) mass is 467 g/mol. The van der Waals surface area contributed by atoms with E-state index in [0.29, 0.717) is 31.5 Å². The Bertz CT molecular complexity index is 802. The number of nitrogens with zero attached hydrogens (tertiary/aromatic N) is 3. The fourth-order valence-electron chi connectivity index (χ4n) is 2.35. The highest BCUT2D eigenvalue weighted by atomic mass is 35.5. The van der Waals surface area contributed by atoms with Crippen LogP contribution in [0.15, 0.2) is 22.7 Å². The molecule has 2 N–H and O–H groups in total. The van der Waals surface area contributed by atoms with Crippen molar-refractivity contribution in [1.82, 2.24) is 20.5 Å². The molecule has 0 radical (unpaired) electrons. The predicted octanol–water partition coefficient (Wildman–Crippen LogP) is 2.83. The molecule has 1 aliphatic rings. The first-order valence-corrected chi connectivity index (χ1v) is 8.80. The Morgan fingerprint density at radius 2 is 1.81 bits per heavy atom. The van der Waals surface area contributed by atoms with Crippen LogP contribution in [0.2, 0.25) is 0 Å². The van der Waals surface area contributed by atoms with Crippen molar-refractivity contribution in [2.45, 2.75) is 24.5 Å². The number of alkyl halides is 2. The third kappa shape index (κ3) is 6.39. The summed E-state index contributed by atoms with van der Waals surface area (Å²) in [6, 6.07) is 2.89. The summed E-state index contributed by atoms with van der Waals surface area (Å²) in [6.45, 7) is 1.31. The zero-order valence-electron chi connectivity index (χ0n) is 13.7.